The molecule has 0 atom stereocenters. The van der Waals surface area contributed by atoms with Crippen molar-refractivity contribution in [3.05, 3.63) is 94.3 Å². The smallest absolute Gasteiger partial charge is 0.339 e. The number of carbonyl (C=O) groups is 1. The second-order valence-electron chi connectivity index (χ2n) is 7.43. The summed E-state index contributed by atoms with van der Waals surface area (Å²) in [6, 6.07) is 17.9. The van der Waals surface area contributed by atoms with Crippen molar-refractivity contribution < 1.29 is 9.53 Å². The Morgan fingerprint density at radius 1 is 1.19 bits per heavy atom. The van der Waals surface area contributed by atoms with Crippen LogP contribution in [0.2, 0.25) is 0 Å². The van der Waals surface area contributed by atoms with Crippen LogP contribution in [0.25, 0.3) is 0 Å². The van der Waals surface area contributed by atoms with Crippen molar-refractivity contribution in [2.75, 3.05) is 19.7 Å². The van der Waals surface area contributed by atoms with E-state index >= 15 is 0 Å². The maximum absolute atomic E-state index is 12.5. The number of esters is 1. The van der Waals surface area contributed by atoms with Crippen molar-refractivity contribution in [3.63, 3.8) is 0 Å². The molecule has 0 radical (unpaired) electrons. The van der Waals surface area contributed by atoms with Gasteiger partial charge in [-0.2, -0.15) is 5.26 Å². The third kappa shape index (κ3) is 4.84. The lowest BCUT2D eigenvalue weighted by Gasteiger charge is -2.06. The molecule has 1 aliphatic rings. The molecule has 0 saturated heterocycles. The summed E-state index contributed by atoms with van der Waals surface area (Å²) in [6.07, 6.45) is 4.44. The molecule has 156 valence electrons. The molecule has 0 saturated carbocycles. The Bertz CT molecular complexity index is 1150. The zero-order chi connectivity index (χ0) is 21.6. The molecule has 2 heterocycles. The molecule has 0 aliphatic carbocycles. The molecule has 4 rings (SSSR count). The highest BCUT2D eigenvalue weighted by molar-refractivity contribution is 5.99. The second-order valence-corrected chi connectivity index (χ2v) is 7.43. The monoisotopic (exact) mass is 412 g/mol. The standard InChI is InChI=1S/C25H24N4O2/c1-2-31-25(30)23-17-29(15-20-5-3-4-19(12-20)14-26)16-22(23)13-18-6-8-21(9-7-18)24-27-10-11-28-24/h3-9,12,16-17H,2,10-11,13,15H2,1H3,(H,27,28). The number of nitrogens with one attached hydrogen (secondary N) is 1. The minimum atomic E-state index is -0.317. The second kappa shape index (κ2) is 9.31. The van der Waals surface area contributed by atoms with E-state index < -0.39 is 0 Å². The van der Waals surface area contributed by atoms with Gasteiger partial charge in [-0.1, -0.05) is 36.4 Å². The minimum Gasteiger partial charge on any atom is -0.462 e. The minimum absolute atomic E-state index is 0.317. The van der Waals surface area contributed by atoms with Crippen LogP contribution >= 0.6 is 0 Å². The van der Waals surface area contributed by atoms with Gasteiger partial charge in [-0.25, -0.2) is 4.79 Å². The van der Waals surface area contributed by atoms with Crippen molar-refractivity contribution in [1.29, 1.82) is 5.26 Å². The Kier molecular flexibility index (Phi) is 6.13. The predicted molar refractivity (Wildman–Crippen MR) is 119 cm³/mol. The van der Waals surface area contributed by atoms with E-state index in [1.165, 1.54) is 0 Å². The summed E-state index contributed by atoms with van der Waals surface area (Å²) in [4.78, 5) is 17.0. The van der Waals surface area contributed by atoms with E-state index in [4.69, 9.17) is 10.00 Å². The van der Waals surface area contributed by atoms with Crippen LogP contribution in [0, 0.1) is 11.3 Å². The largest absolute Gasteiger partial charge is 0.462 e. The number of nitriles is 1. The van der Waals surface area contributed by atoms with Gasteiger partial charge >= 0.3 is 5.97 Å². The lowest BCUT2D eigenvalue weighted by Crippen LogP contribution is -2.19. The fourth-order valence-electron chi connectivity index (χ4n) is 3.72. The average molecular weight is 412 g/mol. The normalized spacial score (nSPS) is 12.7. The lowest BCUT2D eigenvalue weighted by molar-refractivity contribution is 0.0525. The summed E-state index contributed by atoms with van der Waals surface area (Å²) in [7, 11) is 0. The Hall–Kier alpha value is -3.85. The molecule has 31 heavy (non-hydrogen) atoms. The van der Waals surface area contributed by atoms with E-state index in [1.807, 2.05) is 35.2 Å². The average Bonchev–Trinajstić information content (AvgIpc) is 3.45. The van der Waals surface area contributed by atoms with E-state index in [1.54, 1.807) is 13.0 Å². The van der Waals surface area contributed by atoms with E-state index in [-0.39, 0.29) is 5.97 Å². The van der Waals surface area contributed by atoms with E-state index in [9.17, 15) is 4.79 Å². The van der Waals surface area contributed by atoms with E-state index in [2.05, 4.69) is 40.6 Å². The quantitative estimate of drug-likeness (QED) is 0.602. The van der Waals surface area contributed by atoms with Gasteiger partial charge in [0, 0.05) is 31.0 Å². The number of aliphatic imine (C=N–C) groups is 1. The molecule has 6 nitrogen and oxygen atoms in total. The number of benzene rings is 2. The number of rotatable bonds is 7. The van der Waals surface area contributed by atoms with Crippen molar-refractivity contribution in [3.8, 4) is 6.07 Å². The Morgan fingerprint density at radius 3 is 2.74 bits per heavy atom. The number of hydrogen-bond acceptors (Lipinski definition) is 5. The molecule has 0 fully saturated rings. The zero-order valence-corrected chi connectivity index (χ0v) is 17.5. The number of nitrogens with zero attached hydrogens (tertiary/aromatic N) is 3. The summed E-state index contributed by atoms with van der Waals surface area (Å²) in [5.74, 6) is 0.618. The van der Waals surface area contributed by atoms with Gasteiger partial charge in [0.1, 0.15) is 5.84 Å². The first-order valence-corrected chi connectivity index (χ1v) is 10.4. The lowest BCUT2D eigenvalue weighted by atomic mass is 10.0. The maximum atomic E-state index is 12.5. The van der Waals surface area contributed by atoms with Gasteiger partial charge in [-0.15, -0.1) is 0 Å². The molecule has 0 amide bonds. The van der Waals surface area contributed by atoms with Gasteiger partial charge in [0.2, 0.25) is 0 Å². The number of aromatic nitrogens is 1. The summed E-state index contributed by atoms with van der Waals surface area (Å²) >= 11 is 0. The summed E-state index contributed by atoms with van der Waals surface area (Å²) < 4.78 is 7.25. The van der Waals surface area contributed by atoms with Crippen LogP contribution < -0.4 is 5.32 Å². The van der Waals surface area contributed by atoms with Crippen LogP contribution in [0.3, 0.4) is 0 Å². The molecule has 0 unspecified atom stereocenters. The molecular weight excluding hydrogens is 388 g/mol. The highest BCUT2D eigenvalue weighted by Crippen LogP contribution is 2.19. The number of amidine groups is 1. The Balaban J connectivity index is 1.57. The van der Waals surface area contributed by atoms with Crippen molar-refractivity contribution in [1.82, 2.24) is 9.88 Å². The van der Waals surface area contributed by atoms with Crippen molar-refractivity contribution >= 4 is 11.8 Å². The van der Waals surface area contributed by atoms with Crippen molar-refractivity contribution in [2.24, 2.45) is 4.99 Å². The van der Waals surface area contributed by atoms with Crippen LogP contribution in [-0.4, -0.2) is 36.1 Å². The number of carbonyl (C=O) groups excluding carboxylic acids is 1. The zero-order valence-electron chi connectivity index (χ0n) is 17.5. The molecule has 3 aromatic rings. The van der Waals surface area contributed by atoms with Crippen LogP contribution in [0.1, 0.15) is 45.1 Å². The van der Waals surface area contributed by atoms with E-state index in [0.717, 1.165) is 41.2 Å². The van der Waals surface area contributed by atoms with Gasteiger partial charge in [-0.05, 0) is 42.2 Å². The Labute approximate surface area is 181 Å². The SMILES string of the molecule is CCOC(=O)c1cn(Cc2cccc(C#N)c2)cc1Cc1ccc(C2=NCCN2)cc1. The maximum Gasteiger partial charge on any atom is 0.339 e. The highest BCUT2D eigenvalue weighted by Gasteiger charge is 2.17. The third-order valence-electron chi connectivity index (χ3n) is 5.18. The molecule has 6 heteroatoms. The first-order chi connectivity index (χ1) is 15.2. The fraction of sp³-hybridized carbons (Fsp3) is 0.240. The summed E-state index contributed by atoms with van der Waals surface area (Å²) in [5.41, 5.74) is 5.30. The van der Waals surface area contributed by atoms with Crippen LogP contribution in [0.5, 0.6) is 0 Å². The van der Waals surface area contributed by atoms with E-state index in [0.29, 0.717) is 30.7 Å². The van der Waals surface area contributed by atoms with Crippen LogP contribution in [-0.2, 0) is 17.7 Å². The molecule has 0 bridgehead atoms. The first-order valence-electron chi connectivity index (χ1n) is 10.4. The molecule has 1 aliphatic heterocycles. The van der Waals surface area contributed by atoms with Crippen LogP contribution in [0.15, 0.2) is 65.9 Å². The predicted octanol–water partition coefficient (Wildman–Crippen LogP) is 3.53. The number of hydrogen-bond donors (Lipinski definition) is 1. The van der Waals surface area contributed by atoms with Gasteiger partial charge in [0.25, 0.3) is 0 Å². The van der Waals surface area contributed by atoms with Crippen molar-refractivity contribution in [2.45, 2.75) is 19.9 Å². The molecule has 1 aromatic heterocycles. The van der Waals surface area contributed by atoms with Gasteiger partial charge < -0.3 is 14.6 Å². The van der Waals surface area contributed by atoms with Crippen LogP contribution in [0.4, 0.5) is 0 Å². The third-order valence-corrected chi connectivity index (χ3v) is 5.18. The fourth-order valence-corrected chi connectivity index (χ4v) is 3.72. The number of ether oxygens (including phenoxy) is 1. The first kappa shape index (κ1) is 20.4. The summed E-state index contributed by atoms with van der Waals surface area (Å²) in [6.45, 7) is 4.40. The molecule has 2 aromatic carbocycles. The van der Waals surface area contributed by atoms with Gasteiger partial charge in [0.15, 0.2) is 0 Å². The highest BCUT2D eigenvalue weighted by atomic mass is 16.5. The molecule has 1 N–H and O–H groups in total. The van der Waals surface area contributed by atoms with Gasteiger partial charge in [-0.3, -0.25) is 4.99 Å². The molecule has 0 spiro atoms. The summed E-state index contributed by atoms with van der Waals surface area (Å²) in [5, 5.41) is 12.4. The molecular formula is C25H24N4O2. The van der Waals surface area contributed by atoms with Gasteiger partial charge in [0.05, 0.1) is 30.3 Å². The Morgan fingerprint density at radius 2 is 2.03 bits per heavy atom. The topological polar surface area (TPSA) is 79.4 Å².